The number of urea groups is 1. The van der Waals surface area contributed by atoms with E-state index in [2.05, 4.69) is 5.32 Å². The van der Waals surface area contributed by atoms with Gasteiger partial charge in [0.2, 0.25) is 0 Å². The van der Waals surface area contributed by atoms with Crippen molar-refractivity contribution in [3.63, 3.8) is 0 Å². The van der Waals surface area contributed by atoms with Gasteiger partial charge in [-0.15, -0.1) is 0 Å². The van der Waals surface area contributed by atoms with Crippen LogP contribution in [-0.2, 0) is 11.3 Å². The average molecular weight is 272 g/mol. The third-order valence-corrected chi connectivity index (χ3v) is 2.55. The number of ether oxygens (including phenoxy) is 1. The molecule has 0 aromatic heterocycles. The molecule has 1 N–H and O–H groups in total. The number of rotatable bonds is 6. The molecule has 106 valence electrons. The van der Waals surface area contributed by atoms with Crippen LogP contribution in [0.1, 0.15) is 12.0 Å². The number of nitrogens with zero attached hydrogens (tertiary/aromatic N) is 1. The third kappa shape index (κ3) is 5.65. The SMILES string of the molecule is COCCCN(C)C(=O)NCc1cc(F)cc(F)c1. The lowest BCUT2D eigenvalue weighted by molar-refractivity contribution is 0.175. The highest BCUT2D eigenvalue weighted by Gasteiger charge is 2.08. The number of hydrogen-bond donors (Lipinski definition) is 1. The van der Waals surface area contributed by atoms with Gasteiger partial charge in [0, 0.05) is 39.9 Å². The highest BCUT2D eigenvalue weighted by atomic mass is 19.1. The number of amides is 2. The van der Waals surface area contributed by atoms with Crippen LogP contribution in [-0.4, -0.2) is 38.2 Å². The van der Waals surface area contributed by atoms with Crippen LogP contribution in [0.15, 0.2) is 18.2 Å². The topological polar surface area (TPSA) is 41.6 Å². The Morgan fingerprint density at radius 3 is 2.53 bits per heavy atom. The quantitative estimate of drug-likeness (QED) is 0.806. The zero-order valence-electron chi connectivity index (χ0n) is 11.1. The van der Waals surface area contributed by atoms with Crippen molar-refractivity contribution in [1.82, 2.24) is 10.2 Å². The fraction of sp³-hybridized carbons (Fsp3) is 0.462. The van der Waals surface area contributed by atoms with Gasteiger partial charge in [-0.2, -0.15) is 0 Å². The van der Waals surface area contributed by atoms with Crippen molar-refractivity contribution in [1.29, 1.82) is 0 Å². The maximum absolute atomic E-state index is 12.9. The van der Waals surface area contributed by atoms with E-state index in [1.807, 2.05) is 0 Å². The van der Waals surface area contributed by atoms with E-state index in [0.29, 0.717) is 18.7 Å². The summed E-state index contributed by atoms with van der Waals surface area (Å²) in [6, 6.07) is 2.88. The van der Waals surface area contributed by atoms with Gasteiger partial charge in [0.05, 0.1) is 0 Å². The molecule has 0 radical (unpaired) electrons. The molecule has 0 saturated carbocycles. The Labute approximate surface area is 111 Å². The summed E-state index contributed by atoms with van der Waals surface area (Å²) in [5.74, 6) is -1.31. The van der Waals surface area contributed by atoms with Crippen LogP contribution in [0.4, 0.5) is 13.6 Å². The molecule has 19 heavy (non-hydrogen) atoms. The van der Waals surface area contributed by atoms with Crippen LogP contribution in [0.25, 0.3) is 0 Å². The summed E-state index contributed by atoms with van der Waals surface area (Å²) in [4.78, 5) is 13.2. The van der Waals surface area contributed by atoms with Crippen molar-refractivity contribution in [2.45, 2.75) is 13.0 Å². The first-order valence-corrected chi connectivity index (χ1v) is 5.96. The third-order valence-electron chi connectivity index (χ3n) is 2.55. The van der Waals surface area contributed by atoms with E-state index in [9.17, 15) is 13.6 Å². The molecular formula is C13H18F2N2O2. The molecule has 0 saturated heterocycles. The Morgan fingerprint density at radius 1 is 1.32 bits per heavy atom. The first kappa shape index (κ1) is 15.4. The van der Waals surface area contributed by atoms with Crippen molar-refractivity contribution >= 4 is 6.03 Å². The molecule has 0 unspecified atom stereocenters. The van der Waals surface area contributed by atoms with E-state index < -0.39 is 11.6 Å². The predicted octanol–water partition coefficient (Wildman–Crippen LogP) is 2.14. The van der Waals surface area contributed by atoms with E-state index in [1.54, 1.807) is 14.2 Å². The zero-order valence-corrected chi connectivity index (χ0v) is 11.1. The number of benzene rings is 1. The predicted molar refractivity (Wildman–Crippen MR) is 67.7 cm³/mol. The number of carbonyl (C=O) groups excluding carboxylic acids is 1. The molecule has 0 aliphatic rings. The molecule has 0 heterocycles. The zero-order chi connectivity index (χ0) is 14.3. The molecule has 2 amide bonds. The molecule has 6 heteroatoms. The van der Waals surface area contributed by atoms with Gasteiger partial charge in [0.15, 0.2) is 0 Å². The standard InChI is InChI=1S/C13H18F2N2O2/c1-17(4-3-5-19-2)13(18)16-9-10-6-11(14)8-12(15)7-10/h6-8H,3-5,9H2,1-2H3,(H,16,18). The molecule has 0 fully saturated rings. The number of nitrogens with one attached hydrogen (secondary N) is 1. The normalized spacial score (nSPS) is 10.3. The van der Waals surface area contributed by atoms with Gasteiger partial charge in [0.1, 0.15) is 11.6 Å². The van der Waals surface area contributed by atoms with Crippen molar-refractivity contribution in [2.75, 3.05) is 27.3 Å². The van der Waals surface area contributed by atoms with Gasteiger partial charge < -0.3 is 15.0 Å². The summed E-state index contributed by atoms with van der Waals surface area (Å²) in [5, 5.41) is 2.59. The molecule has 0 atom stereocenters. The summed E-state index contributed by atoms with van der Waals surface area (Å²) in [6.07, 6.45) is 0.731. The van der Waals surface area contributed by atoms with Crippen LogP contribution in [0.5, 0.6) is 0 Å². The lowest BCUT2D eigenvalue weighted by Gasteiger charge is -2.17. The highest BCUT2D eigenvalue weighted by molar-refractivity contribution is 5.73. The fourth-order valence-electron chi connectivity index (χ4n) is 1.57. The monoisotopic (exact) mass is 272 g/mol. The minimum absolute atomic E-state index is 0.0854. The Hall–Kier alpha value is -1.69. The lowest BCUT2D eigenvalue weighted by atomic mass is 10.2. The maximum atomic E-state index is 12.9. The van der Waals surface area contributed by atoms with Crippen molar-refractivity contribution in [2.24, 2.45) is 0 Å². The Morgan fingerprint density at radius 2 is 1.95 bits per heavy atom. The highest BCUT2D eigenvalue weighted by Crippen LogP contribution is 2.07. The second kappa shape index (κ2) is 7.68. The summed E-state index contributed by atoms with van der Waals surface area (Å²) in [5.41, 5.74) is 0.385. The summed E-state index contributed by atoms with van der Waals surface area (Å²) in [7, 11) is 3.25. The summed E-state index contributed by atoms with van der Waals surface area (Å²) >= 11 is 0. The molecule has 0 aliphatic carbocycles. The summed E-state index contributed by atoms with van der Waals surface area (Å²) in [6.45, 7) is 1.21. The maximum Gasteiger partial charge on any atom is 0.317 e. The average Bonchev–Trinajstić information content (AvgIpc) is 2.35. The van der Waals surface area contributed by atoms with Crippen molar-refractivity contribution in [3.05, 3.63) is 35.4 Å². The molecule has 4 nitrogen and oxygen atoms in total. The first-order valence-electron chi connectivity index (χ1n) is 5.96. The van der Waals surface area contributed by atoms with E-state index in [-0.39, 0.29) is 12.6 Å². The second-order valence-corrected chi connectivity index (χ2v) is 4.20. The van der Waals surface area contributed by atoms with Gasteiger partial charge in [0.25, 0.3) is 0 Å². The van der Waals surface area contributed by atoms with Crippen LogP contribution < -0.4 is 5.32 Å². The largest absolute Gasteiger partial charge is 0.385 e. The van der Waals surface area contributed by atoms with E-state index in [4.69, 9.17) is 4.74 Å². The van der Waals surface area contributed by atoms with Gasteiger partial charge in [-0.25, -0.2) is 13.6 Å². The first-order chi connectivity index (χ1) is 9.02. The van der Waals surface area contributed by atoms with Crippen molar-refractivity contribution in [3.8, 4) is 0 Å². The van der Waals surface area contributed by atoms with Gasteiger partial charge in [-0.05, 0) is 24.1 Å². The number of halogens is 2. The minimum Gasteiger partial charge on any atom is -0.385 e. The second-order valence-electron chi connectivity index (χ2n) is 4.20. The Kier molecular flexibility index (Phi) is 6.21. The van der Waals surface area contributed by atoms with Gasteiger partial charge >= 0.3 is 6.03 Å². The molecule has 0 aliphatic heterocycles. The Bertz CT molecular complexity index is 407. The molecule has 1 aromatic carbocycles. The molecule has 1 aromatic rings. The molecule has 0 spiro atoms. The molecule has 1 rings (SSSR count). The van der Waals surface area contributed by atoms with Crippen LogP contribution in [0, 0.1) is 11.6 Å². The smallest absolute Gasteiger partial charge is 0.317 e. The van der Waals surface area contributed by atoms with Crippen LogP contribution in [0.2, 0.25) is 0 Å². The van der Waals surface area contributed by atoms with E-state index in [0.717, 1.165) is 12.5 Å². The fourth-order valence-corrected chi connectivity index (χ4v) is 1.57. The number of carbonyl (C=O) groups is 1. The van der Waals surface area contributed by atoms with Gasteiger partial charge in [-0.1, -0.05) is 0 Å². The van der Waals surface area contributed by atoms with E-state index >= 15 is 0 Å². The molecule has 0 bridgehead atoms. The number of methoxy groups -OCH3 is 1. The van der Waals surface area contributed by atoms with Gasteiger partial charge in [-0.3, -0.25) is 0 Å². The minimum atomic E-state index is -0.655. The van der Waals surface area contributed by atoms with Crippen LogP contribution in [0.3, 0.4) is 0 Å². The lowest BCUT2D eigenvalue weighted by Crippen LogP contribution is -2.37. The van der Waals surface area contributed by atoms with Crippen molar-refractivity contribution < 1.29 is 18.3 Å². The summed E-state index contributed by atoms with van der Waals surface area (Å²) < 4.78 is 30.8. The Balaban J connectivity index is 2.40. The number of hydrogen-bond acceptors (Lipinski definition) is 2. The van der Waals surface area contributed by atoms with Crippen LogP contribution >= 0.6 is 0 Å². The van der Waals surface area contributed by atoms with E-state index in [1.165, 1.54) is 17.0 Å². The molecular weight excluding hydrogens is 254 g/mol.